The van der Waals surface area contributed by atoms with Gasteiger partial charge in [0, 0.05) is 16.1 Å². The fourth-order valence-electron chi connectivity index (χ4n) is 1.28. The lowest BCUT2D eigenvalue weighted by Crippen LogP contribution is -2.18. The maximum atomic E-state index is 10.7. The van der Waals surface area contributed by atoms with Gasteiger partial charge >= 0.3 is 0 Å². The van der Waals surface area contributed by atoms with Crippen LogP contribution in [0.5, 0.6) is 0 Å². The highest BCUT2D eigenvalue weighted by atomic mass is 35.5. The summed E-state index contributed by atoms with van der Waals surface area (Å²) >= 11 is 5.87. The summed E-state index contributed by atoms with van der Waals surface area (Å²) in [5.41, 5.74) is -0.180. The van der Waals surface area contributed by atoms with Crippen LogP contribution in [0.3, 0.4) is 0 Å². The Morgan fingerprint density at radius 3 is 2.46 bits per heavy atom. The molecule has 0 aliphatic heterocycles. The Kier molecular flexibility index (Phi) is 2.74. The molecule has 0 radical (unpaired) electrons. The van der Waals surface area contributed by atoms with Gasteiger partial charge in [0.15, 0.2) is 0 Å². The summed E-state index contributed by atoms with van der Waals surface area (Å²) < 4.78 is 0. The van der Waals surface area contributed by atoms with Crippen molar-refractivity contribution in [2.45, 2.75) is 19.4 Å². The van der Waals surface area contributed by atoms with Crippen LogP contribution in [0.15, 0.2) is 18.2 Å². The van der Waals surface area contributed by atoms with Gasteiger partial charge in [-0.1, -0.05) is 23.7 Å². The van der Waals surface area contributed by atoms with Crippen molar-refractivity contribution in [2.24, 2.45) is 0 Å². The number of hydrogen-bond donors (Lipinski definition) is 1. The van der Waals surface area contributed by atoms with E-state index in [1.54, 1.807) is 32.0 Å². The van der Waals surface area contributed by atoms with Crippen molar-refractivity contribution >= 4 is 17.9 Å². The van der Waals surface area contributed by atoms with Crippen molar-refractivity contribution in [3.63, 3.8) is 0 Å². The van der Waals surface area contributed by atoms with Gasteiger partial charge in [0.25, 0.3) is 0 Å². The highest BCUT2D eigenvalue weighted by Crippen LogP contribution is 2.29. The number of rotatable bonds is 2. The molecule has 13 heavy (non-hydrogen) atoms. The predicted molar refractivity (Wildman–Crippen MR) is 52.1 cm³/mol. The van der Waals surface area contributed by atoms with Crippen molar-refractivity contribution in [1.82, 2.24) is 0 Å². The minimum Gasteiger partial charge on any atom is -0.386 e. The van der Waals surface area contributed by atoms with E-state index in [0.29, 0.717) is 22.4 Å². The number of halogens is 1. The standard InChI is InChI=1S/C10H11ClO2/c1-10(2,13)9-7(6-12)4-3-5-8(9)11/h3-6,13H,1-2H3. The van der Waals surface area contributed by atoms with Crippen molar-refractivity contribution in [3.05, 3.63) is 34.3 Å². The van der Waals surface area contributed by atoms with Gasteiger partial charge in [0.05, 0.1) is 5.60 Å². The highest BCUT2D eigenvalue weighted by Gasteiger charge is 2.22. The maximum absolute atomic E-state index is 10.7. The molecule has 0 aliphatic carbocycles. The summed E-state index contributed by atoms with van der Waals surface area (Å²) in [6.07, 6.45) is 0.694. The third-order valence-electron chi connectivity index (χ3n) is 1.78. The molecule has 2 nitrogen and oxygen atoms in total. The number of aliphatic hydroxyl groups is 1. The van der Waals surface area contributed by atoms with Crippen LogP contribution in [-0.4, -0.2) is 11.4 Å². The summed E-state index contributed by atoms with van der Waals surface area (Å²) in [5.74, 6) is 0. The maximum Gasteiger partial charge on any atom is 0.150 e. The Hall–Kier alpha value is -0.860. The van der Waals surface area contributed by atoms with E-state index in [-0.39, 0.29) is 0 Å². The zero-order valence-electron chi connectivity index (χ0n) is 7.54. The molecule has 0 amide bonds. The summed E-state index contributed by atoms with van der Waals surface area (Å²) in [5, 5.41) is 10.2. The van der Waals surface area contributed by atoms with E-state index in [2.05, 4.69) is 0 Å². The van der Waals surface area contributed by atoms with E-state index in [4.69, 9.17) is 11.6 Å². The normalized spacial score (nSPS) is 11.4. The van der Waals surface area contributed by atoms with Crippen LogP contribution < -0.4 is 0 Å². The number of benzene rings is 1. The van der Waals surface area contributed by atoms with Crippen LogP contribution in [-0.2, 0) is 5.60 Å². The first-order chi connectivity index (χ1) is 5.96. The second-order valence-corrected chi connectivity index (χ2v) is 3.79. The summed E-state index contributed by atoms with van der Waals surface area (Å²) in [6, 6.07) is 4.97. The fraction of sp³-hybridized carbons (Fsp3) is 0.300. The third-order valence-corrected chi connectivity index (χ3v) is 2.10. The molecule has 0 saturated carbocycles. The minimum absolute atomic E-state index is 0.414. The average molecular weight is 199 g/mol. The highest BCUT2D eigenvalue weighted by molar-refractivity contribution is 6.31. The number of aldehydes is 1. The molecule has 0 bridgehead atoms. The Balaban J connectivity index is 3.40. The molecule has 0 fully saturated rings. The smallest absolute Gasteiger partial charge is 0.150 e. The molecular formula is C10H11ClO2. The van der Waals surface area contributed by atoms with Crippen molar-refractivity contribution in [2.75, 3.05) is 0 Å². The summed E-state index contributed by atoms with van der Waals surface area (Å²) in [7, 11) is 0. The SMILES string of the molecule is CC(C)(O)c1c(Cl)cccc1C=O. The molecule has 1 rings (SSSR count). The van der Waals surface area contributed by atoms with Gasteiger partial charge in [0.2, 0.25) is 0 Å². The lowest BCUT2D eigenvalue weighted by Gasteiger charge is -2.20. The first kappa shape index (κ1) is 10.2. The topological polar surface area (TPSA) is 37.3 Å². The van der Waals surface area contributed by atoms with E-state index in [1.165, 1.54) is 0 Å². The van der Waals surface area contributed by atoms with Gasteiger partial charge in [-0.2, -0.15) is 0 Å². The van der Waals surface area contributed by atoms with Crippen LogP contribution in [0.1, 0.15) is 29.8 Å². The van der Waals surface area contributed by atoms with E-state index in [9.17, 15) is 9.90 Å². The lowest BCUT2D eigenvalue weighted by molar-refractivity contribution is 0.0769. The Bertz CT molecular complexity index is 326. The number of carbonyl (C=O) groups excluding carboxylic acids is 1. The van der Waals surface area contributed by atoms with E-state index in [1.807, 2.05) is 0 Å². The molecule has 1 aromatic rings. The van der Waals surface area contributed by atoms with Crippen LogP contribution in [0, 0.1) is 0 Å². The second-order valence-electron chi connectivity index (χ2n) is 3.38. The predicted octanol–water partition coefficient (Wildman–Crippen LogP) is 2.38. The Labute approximate surface area is 82.2 Å². The molecule has 1 aromatic carbocycles. The summed E-state index contributed by atoms with van der Waals surface area (Å²) in [4.78, 5) is 10.7. The van der Waals surface area contributed by atoms with E-state index in [0.717, 1.165) is 0 Å². The second kappa shape index (κ2) is 3.48. The van der Waals surface area contributed by atoms with Crippen LogP contribution in [0.4, 0.5) is 0 Å². The third kappa shape index (κ3) is 2.08. The van der Waals surface area contributed by atoms with Crippen LogP contribution >= 0.6 is 11.6 Å². The Morgan fingerprint density at radius 2 is 2.08 bits per heavy atom. The zero-order chi connectivity index (χ0) is 10.1. The molecule has 0 heterocycles. The largest absolute Gasteiger partial charge is 0.386 e. The quantitative estimate of drug-likeness (QED) is 0.741. The molecule has 70 valence electrons. The first-order valence-corrected chi connectivity index (χ1v) is 4.31. The van der Waals surface area contributed by atoms with Crippen LogP contribution in [0.25, 0.3) is 0 Å². The average Bonchev–Trinajstić information content (AvgIpc) is 2.01. The molecule has 1 N–H and O–H groups in total. The van der Waals surface area contributed by atoms with Crippen molar-refractivity contribution < 1.29 is 9.90 Å². The van der Waals surface area contributed by atoms with E-state index < -0.39 is 5.60 Å². The molecule has 0 saturated heterocycles. The fourth-order valence-corrected chi connectivity index (χ4v) is 1.70. The van der Waals surface area contributed by atoms with Crippen LogP contribution in [0.2, 0.25) is 5.02 Å². The molecule has 3 heteroatoms. The van der Waals surface area contributed by atoms with Crippen molar-refractivity contribution in [1.29, 1.82) is 0 Å². The van der Waals surface area contributed by atoms with E-state index >= 15 is 0 Å². The molecule has 0 atom stereocenters. The first-order valence-electron chi connectivity index (χ1n) is 3.93. The number of carbonyl (C=O) groups is 1. The molecule has 0 aliphatic rings. The molecule has 0 unspecified atom stereocenters. The monoisotopic (exact) mass is 198 g/mol. The summed E-state index contributed by atoms with van der Waals surface area (Å²) in [6.45, 7) is 3.20. The minimum atomic E-state index is -1.09. The Morgan fingerprint density at radius 1 is 1.46 bits per heavy atom. The molecular weight excluding hydrogens is 188 g/mol. The molecule has 0 aromatic heterocycles. The van der Waals surface area contributed by atoms with Gasteiger partial charge in [0.1, 0.15) is 6.29 Å². The van der Waals surface area contributed by atoms with Gasteiger partial charge in [-0.15, -0.1) is 0 Å². The van der Waals surface area contributed by atoms with Gasteiger partial charge in [-0.3, -0.25) is 4.79 Å². The van der Waals surface area contributed by atoms with Gasteiger partial charge in [-0.25, -0.2) is 0 Å². The number of hydrogen-bond acceptors (Lipinski definition) is 2. The van der Waals surface area contributed by atoms with Gasteiger partial charge < -0.3 is 5.11 Å². The van der Waals surface area contributed by atoms with Crippen molar-refractivity contribution in [3.8, 4) is 0 Å². The molecule has 0 spiro atoms. The van der Waals surface area contributed by atoms with Gasteiger partial charge in [-0.05, 0) is 19.9 Å². The lowest BCUT2D eigenvalue weighted by atomic mass is 9.94. The zero-order valence-corrected chi connectivity index (χ0v) is 8.30.